The van der Waals surface area contributed by atoms with Crippen LogP contribution in [0, 0.1) is 17.0 Å². The highest BCUT2D eigenvalue weighted by atomic mass is 79.9. The first-order chi connectivity index (χ1) is 13.4. The van der Waals surface area contributed by atoms with Crippen molar-refractivity contribution in [2.75, 3.05) is 18.1 Å². The van der Waals surface area contributed by atoms with Gasteiger partial charge in [-0.3, -0.25) is 10.2 Å². The number of nitrogens with one attached hydrogen (secondary N) is 3. The van der Waals surface area contributed by atoms with Gasteiger partial charge in [0.2, 0.25) is 21.8 Å². The summed E-state index contributed by atoms with van der Waals surface area (Å²) in [6, 6.07) is 1.87. The number of amides is 1. The third-order valence-electron chi connectivity index (χ3n) is 4.30. The zero-order valence-corrected chi connectivity index (χ0v) is 17.5. The Hall–Kier alpha value is -2.67. The zero-order chi connectivity index (χ0) is 21.6. The maximum absolute atomic E-state index is 14.6. The number of rotatable bonds is 3. The summed E-state index contributed by atoms with van der Waals surface area (Å²) in [6.07, 6.45) is 2.69. The summed E-state index contributed by atoms with van der Waals surface area (Å²) in [4.78, 5) is 19.9. The second kappa shape index (κ2) is 7.30. The van der Waals surface area contributed by atoms with E-state index < -0.39 is 44.8 Å². The number of benzene rings is 1. The number of aromatic nitrogens is 2. The standard InChI is InChI=1S/C16H15BrF2N6O3S/c1-16(7-29(27,28)25(2)15(20)24-16)10-3-9(4-11(18)12(10)19)23-14(26)13-21-5-8(17)6-22-13/h3-6H,7H2,1-2H3,(H2,20,24)(H,23,26)/t16-/m0/s1. The Kier molecular flexibility index (Phi) is 5.30. The molecule has 3 rings (SSSR count). The number of anilines is 1. The van der Waals surface area contributed by atoms with Crippen molar-refractivity contribution in [1.29, 1.82) is 5.41 Å². The molecule has 2 heterocycles. The van der Waals surface area contributed by atoms with E-state index in [2.05, 4.69) is 36.5 Å². The monoisotopic (exact) mass is 488 g/mol. The van der Waals surface area contributed by atoms with Crippen LogP contribution in [-0.2, 0) is 15.6 Å². The van der Waals surface area contributed by atoms with Crippen molar-refractivity contribution in [2.45, 2.75) is 12.5 Å². The highest BCUT2D eigenvalue weighted by molar-refractivity contribution is 9.10. The second-order valence-corrected chi connectivity index (χ2v) is 9.44. The van der Waals surface area contributed by atoms with Gasteiger partial charge >= 0.3 is 0 Å². The Morgan fingerprint density at radius 1 is 1.34 bits per heavy atom. The van der Waals surface area contributed by atoms with Crippen LogP contribution in [0.4, 0.5) is 14.5 Å². The van der Waals surface area contributed by atoms with Crippen LogP contribution in [0.15, 0.2) is 29.0 Å². The molecule has 9 nitrogen and oxygen atoms in total. The molecule has 0 bridgehead atoms. The first-order valence-corrected chi connectivity index (χ1v) is 10.4. The van der Waals surface area contributed by atoms with E-state index >= 15 is 0 Å². The summed E-state index contributed by atoms with van der Waals surface area (Å²) < 4.78 is 54.6. The van der Waals surface area contributed by atoms with Crippen molar-refractivity contribution >= 4 is 43.5 Å². The Morgan fingerprint density at radius 3 is 2.55 bits per heavy atom. The van der Waals surface area contributed by atoms with E-state index in [-0.39, 0.29) is 17.1 Å². The summed E-state index contributed by atoms with van der Waals surface area (Å²) >= 11 is 3.13. The lowest BCUT2D eigenvalue weighted by molar-refractivity contribution is 0.101. The Morgan fingerprint density at radius 2 is 1.97 bits per heavy atom. The topological polar surface area (TPSA) is 128 Å². The van der Waals surface area contributed by atoms with Gasteiger partial charge in [-0.15, -0.1) is 0 Å². The highest BCUT2D eigenvalue weighted by Crippen LogP contribution is 2.32. The molecule has 1 aliphatic heterocycles. The number of guanidine groups is 1. The molecule has 154 valence electrons. The summed E-state index contributed by atoms with van der Waals surface area (Å²) in [5.74, 6) is -4.66. The van der Waals surface area contributed by atoms with Gasteiger partial charge in [-0.1, -0.05) is 0 Å². The van der Waals surface area contributed by atoms with Crippen LogP contribution in [0.1, 0.15) is 23.1 Å². The summed E-state index contributed by atoms with van der Waals surface area (Å²) in [6.45, 7) is 1.33. The molecule has 0 radical (unpaired) electrons. The Bertz CT molecular complexity index is 1110. The van der Waals surface area contributed by atoms with Crippen molar-refractivity contribution < 1.29 is 22.0 Å². The molecule has 13 heteroatoms. The number of nitrogens with zero attached hydrogens (tertiary/aromatic N) is 3. The van der Waals surface area contributed by atoms with Crippen LogP contribution in [0.3, 0.4) is 0 Å². The summed E-state index contributed by atoms with van der Waals surface area (Å²) in [5.41, 5.74) is -2.12. The fourth-order valence-electron chi connectivity index (χ4n) is 2.80. The van der Waals surface area contributed by atoms with E-state index in [0.717, 1.165) is 12.1 Å². The van der Waals surface area contributed by atoms with E-state index in [1.165, 1.54) is 26.4 Å². The van der Waals surface area contributed by atoms with Gasteiger partial charge in [0.05, 0.1) is 15.8 Å². The fourth-order valence-corrected chi connectivity index (χ4v) is 4.48. The molecule has 1 aliphatic rings. The van der Waals surface area contributed by atoms with E-state index in [4.69, 9.17) is 5.41 Å². The summed E-state index contributed by atoms with van der Waals surface area (Å²) in [5, 5.41) is 12.7. The zero-order valence-electron chi connectivity index (χ0n) is 15.1. The van der Waals surface area contributed by atoms with Crippen LogP contribution < -0.4 is 10.6 Å². The third-order valence-corrected chi connectivity index (χ3v) is 6.67. The third kappa shape index (κ3) is 4.05. The predicted octanol–water partition coefficient (Wildman–Crippen LogP) is 1.78. The van der Waals surface area contributed by atoms with Crippen molar-refractivity contribution in [3.8, 4) is 0 Å². The van der Waals surface area contributed by atoms with Crippen molar-refractivity contribution in [3.63, 3.8) is 0 Å². The van der Waals surface area contributed by atoms with Gasteiger partial charge in [-0.25, -0.2) is 31.5 Å². The average Bonchev–Trinajstić information content (AvgIpc) is 2.62. The first kappa shape index (κ1) is 21.0. The van der Waals surface area contributed by atoms with E-state index in [0.29, 0.717) is 8.78 Å². The molecule has 0 spiro atoms. The van der Waals surface area contributed by atoms with Gasteiger partial charge < -0.3 is 10.6 Å². The van der Waals surface area contributed by atoms with E-state index in [1.807, 2.05) is 0 Å². The van der Waals surface area contributed by atoms with Crippen LogP contribution >= 0.6 is 15.9 Å². The normalized spacial score (nSPS) is 20.9. The smallest absolute Gasteiger partial charge is 0.293 e. The molecule has 1 atom stereocenters. The molecule has 1 amide bonds. The SMILES string of the molecule is CN1C(=N)N[C@](C)(c2cc(NC(=O)c3ncc(Br)cn3)cc(F)c2F)CS1(=O)=O. The highest BCUT2D eigenvalue weighted by Gasteiger charge is 2.44. The molecule has 0 aliphatic carbocycles. The van der Waals surface area contributed by atoms with Gasteiger partial charge in [0.1, 0.15) is 0 Å². The molecule has 0 saturated carbocycles. The number of halogens is 3. The van der Waals surface area contributed by atoms with Crippen molar-refractivity contribution in [1.82, 2.24) is 19.6 Å². The van der Waals surface area contributed by atoms with Gasteiger partial charge in [-0.2, -0.15) is 0 Å². The van der Waals surface area contributed by atoms with Gasteiger partial charge in [0, 0.05) is 36.8 Å². The number of hydrogen-bond acceptors (Lipinski definition) is 6. The van der Waals surface area contributed by atoms with Gasteiger partial charge in [-0.05, 0) is 28.9 Å². The minimum absolute atomic E-state index is 0.124. The largest absolute Gasteiger partial charge is 0.345 e. The van der Waals surface area contributed by atoms with Crippen LogP contribution in [-0.4, -0.2) is 47.4 Å². The molecule has 1 aromatic carbocycles. The van der Waals surface area contributed by atoms with Crippen molar-refractivity contribution in [3.05, 3.63) is 52.0 Å². The minimum Gasteiger partial charge on any atom is -0.345 e. The molecule has 2 aromatic rings. The predicted molar refractivity (Wildman–Crippen MR) is 104 cm³/mol. The molecular formula is C16H15BrF2N6O3S. The lowest BCUT2D eigenvalue weighted by atomic mass is 9.92. The van der Waals surface area contributed by atoms with E-state index in [1.54, 1.807) is 0 Å². The van der Waals surface area contributed by atoms with Crippen LogP contribution in [0.2, 0.25) is 0 Å². The number of carbonyl (C=O) groups excluding carboxylic acids is 1. The number of carbonyl (C=O) groups is 1. The molecule has 1 saturated heterocycles. The number of hydrogen-bond donors (Lipinski definition) is 3. The number of sulfonamides is 1. The van der Waals surface area contributed by atoms with E-state index in [9.17, 15) is 22.0 Å². The lowest BCUT2D eigenvalue weighted by Crippen LogP contribution is -2.61. The fraction of sp³-hybridized carbons (Fsp3) is 0.250. The quantitative estimate of drug-likeness (QED) is 0.603. The van der Waals surface area contributed by atoms with Gasteiger partial charge in [0.25, 0.3) is 5.91 Å². The first-order valence-electron chi connectivity index (χ1n) is 8.05. The second-order valence-electron chi connectivity index (χ2n) is 6.53. The van der Waals surface area contributed by atoms with Crippen LogP contribution in [0.5, 0.6) is 0 Å². The molecule has 1 fully saturated rings. The maximum Gasteiger partial charge on any atom is 0.293 e. The minimum atomic E-state index is -3.93. The Balaban J connectivity index is 1.99. The molecule has 29 heavy (non-hydrogen) atoms. The maximum atomic E-state index is 14.6. The molecule has 0 unspecified atom stereocenters. The molecule has 3 N–H and O–H groups in total. The average molecular weight is 489 g/mol. The summed E-state index contributed by atoms with van der Waals surface area (Å²) in [7, 11) is -2.76. The van der Waals surface area contributed by atoms with Crippen molar-refractivity contribution in [2.24, 2.45) is 0 Å². The molecule has 1 aromatic heterocycles. The van der Waals surface area contributed by atoms with Gasteiger partial charge in [0.15, 0.2) is 11.6 Å². The van der Waals surface area contributed by atoms with Crippen LogP contribution in [0.25, 0.3) is 0 Å². The molecular weight excluding hydrogens is 474 g/mol. The lowest BCUT2D eigenvalue weighted by Gasteiger charge is -2.40. The Labute approximate surface area is 173 Å².